The molecule has 1 aromatic rings. The van der Waals surface area contributed by atoms with Gasteiger partial charge in [-0.3, -0.25) is 10.1 Å². The molecule has 7 heteroatoms. The molecule has 0 aromatic heterocycles. The van der Waals surface area contributed by atoms with Crippen LogP contribution in [0.3, 0.4) is 0 Å². The van der Waals surface area contributed by atoms with E-state index in [1.807, 2.05) is 0 Å². The van der Waals surface area contributed by atoms with E-state index in [4.69, 9.17) is 9.47 Å². The Morgan fingerprint density at radius 3 is 2.64 bits per heavy atom. The number of rotatable bonds is 8. The van der Waals surface area contributed by atoms with E-state index in [1.165, 1.54) is 31.4 Å². The van der Waals surface area contributed by atoms with Gasteiger partial charge in [0.1, 0.15) is 11.3 Å². The molecule has 1 fully saturated rings. The van der Waals surface area contributed by atoms with Crippen molar-refractivity contribution in [1.29, 1.82) is 0 Å². The van der Waals surface area contributed by atoms with Crippen molar-refractivity contribution in [1.82, 2.24) is 4.90 Å². The normalized spacial score (nSPS) is 15.0. The fourth-order valence-corrected chi connectivity index (χ4v) is 3.01. The molecular weight excluding hydrogens is 324 g/mol. The van der Waals surface area contributed by atoms with Crippen molar-refractivity contribution in [2.24, 2.45) is 0 Å². The minimum atomic E-state index is -0.686. The minimum Gasteiger partial charge on any atom is -0.493 e. The highest BCUT2D eigenvalue weighted by molar-refractivity contribution is 5.94. The number of likely N-dealkylation sites (tertiary alicyclic amines) is 1. The molecule has 0 amide bonds. The van der Waals surface area contributed by atoms with Crippen LogP contribution < -0.4 is 4.74 Å². The van der Waals surface area contributed by atoms with Crippen LogP contribution in [0.2, 0.25) is 0 Å². The number of benzene rings is 1. The molecule has 2 rings (SSSR count). The van der Waals surface area contributed by atoms with Crippen molar-refractivity contribution in [3.05, 3.63) is 33.4 Å². The molecule has 138 valence electrons. The molecule has 1 aliphatic heterocycles. The average Bonchev–Trinajstić information content (AvgIpc) is 2.60. The fraction of sp³-hybridized carbons (Fsp3) is 0.611. The van der Waals surface area contributed by atoms with Crippen LogP contribution in [0.1, 0.15) is 48.5 Å². The summed E-state index contributed by atoms with van der Waals surface area (Å²) in [6.45, 7) is 7.35. The third kappa shape index (κ3) is 5.42. The first-order valence-electron chi connectivity index (χ1n) is 8.84. The van der Waals surface area contributed by atoms with Crippen molar-refractivity contribution < 1.29 is 19.2 Å². The summed E-state index contributed by atoms with van der Waals surface area (Å²) in [7, 11) is 0. The molecule has 1 aliphatic rings. The number of nitro groups is 1. The van der Waals surface area contributed by atoms with Gasteiger partial charge in [0.25, 0.3) is 5.69 Å². The summed E-state index contributed by atoms with van der Waals surface area (Å²) in [4.78, 5) is 25.0. The summed E-state index contributed by atoms with van der Waals surface area (Å²) in [5, 5.41) is 11.3. The number of hydrogen-bond donors (Lipinski definition) is 0. The largest absolute Gasteiger partial charge is 0.493 e. The average molecular weight is 350 g/mol. The highest BCUT2D eigenvalue weighted by Crippen LogP contribution is 2.29. The zero-order valence-corrected chi connectivity index (χ0v) is 15.0. The van der Waals surface area contributed by atoms with E-state index in [-0.39, 0.29) is 17.9 Å². The van der Waals surface area contributed by atoms with Gasteiger partial charge in [-0.2, -0.15) is 0 Å². The van der Waals surface area contributed by atoms with Gasteiger partial charge in [0.15, 0.2) is 0 Å². The van der Waals surface area contributed by atoms with Crippen molar-refractivity contribution >= 4 is 11.7 Å². The zero-order valence-electron chi connectivity index (χ0n) is 15.0. The molecule has 0 radical (unpaired) electrons. The maximum absolute atomic E-state index is 11.9. The second-order valence-corrected chi connectivity index (χ2v) is 6.22. The molecule has 0 saturated carbocycles. The molecule has 1 heterocycles. The number of hydrogen-bond acceptors (Lipinski definition) is 6. The molecule has 25 heavy (non-hydrogen) atoms. The van der Waals surface area contributed by atoms with E-state index >= 15 is 0 Å². The first-order valence-corrected chi connectivity index (χ1v) is 8.84. The van der Waals surface area contributed by atoms with Crippen molar-refractivity contribution in [3.8, 4) is 5.75 Å². The van der Waals surface area contributed by atoms with Crippen LogP contribution in [0.4, 0.5) is 5.69 Å². The lowest BCUT2D eigenvalue weighted by Gasteiger charge is -2.26. The van der Waals surface area contributed by atoms with Crippen molar-refractivity contribution in [2.75, 3.05) is 32.8 Å². The molecule has 0 unspecified atom stereocenters. The highest BCUT2D eigenvalue weighted by Gasteiger charge is 2.24. The van der Waals surface area contributed by atoms with Crippen LogP contribution in [0, 0.1) is 17.0 Å². The smallest absolute Gasteiger partial charge is 0.345 e. The molecule has 1 aromatic carbocycles. The van der Waals surface area contributed by atoms with Crippen LogP contribution >= 0.6 is 0 Å². The van der Waals surface area contributed by atoms with Gasteiger partial charge in [0.2, 0.25) is 0 Å². The minimum absolute atomic E-state index is 0.0370. The third-order valence-electron chi connectivity index (χ3n) is 4.31. The van der Waals surface area contributed by atoms with E-state index in [1.54, 1.807) is 13.8 Å². The number of nitro benzene ring substituents is 1. The maximum Gasteiger partial charge on any atom is 0.345 e. The predicted molar refractivity (Wildman–Crippen MR) is 94.2 cm³/mol. The van der Waals surface area contributed by atoms with Crippen molar-refractivity contribution in [3.63, 3.8) is 0 Å². The van der Waals surface area contributed by atoms with Crippen LogP contribution in [-0.4, -0.2) is 48.6 Å². The molecular formula is C18H26N2O5. The van der Waals surface area contributed by atoms with Crippen LogP contribution in [0.25, 0.3) is 0 Å². The maximum atomic E-state index is 11.9. The molecule has 7 nitrogen and oxygen atoms in total. The van der Waals surface area contributed by atoms with Gasteiger partial charge >= 0.3 is 5.97 Å². The summed E-state index contributed by atoms with van der Waals surface area (Å²) in [6, 6.07) is 2.79. The van der Waals surface area contributed by atoms with E-state index in [0.717, 1.165) is 26.1 Å². The zero-order chi connectivity index (χ0) is 18.2. The molecule has 0 spiro atoms. The number of esters is 1. The van der Waals surface area contributed by atoms with Gasteiger partial charge in [0.05, 0.1) is 24.2 Å². The first-order chi connectivity index (χ1) is 12.0. The molecule has 0 atom stereocenters. The second kappa shape index (κ2) is 9.36. The highest BCUT2D eigenvalue weighted by atomic mass is 16.6. The Balaban J connectivity index is 1.99. The van der Waals surface area contributed by atoms with Gasteiger partial charge in [-0.05, 0) is 57.8 Å². The van der Waals surface area contributed by atoms with Gasteiger partial charge in [-0.1, -0.05) is 6.42 Å². The lowest BCUT2D eigenvalue weighted by Crippen LogP contribution is -2.31. The summed E-state index contributed by atoms with van der Waals surface area (Å²) in [5.74, 6) is -0.243. The number of nitrogens with zero attached hydrogens (tertiary/aromatic N) is 2. The fourth-order valence-electron chi connectivity index (χ4n) is 3.01. The Labute approximate surface area is 148 Å². The summed E-state index contributed by atoms with van der Waals surface area (Å²) >= 11 is 0. The topological polar surface area (TPSA) is 81.9 Å². The summed E-state index contributed by atoms with van der Waals surface area (Å²) in [6.07, 6.45) is 4.68. The van der Waals surface area contributed by atoms with E-state index in [2.05, 4.69) is 4.90 Å². The van der Waals surface area contributed by atoms with Crippen LogP contribution in [0.5, 0.6) is 5.75 Å². The van der Waals surface area contributed by atoms with Crippen molar-refractivity contribution in [2.45, 2.75) is 39.5 Å². The monoisotopic (exact) mass is 350 g/mol. The third-order valence-corrected chi connectivity index (χ3v) is 4.31. The lowest BCUT2D eigenvalue weighted by molar-refractivity contribution is -0.385. The van der Waals surface area contributed by atoms with E-state index in [9.17, 15) is 14.9 Å². The number of ether oxygens (including phenoxy) is 2. The predicted octanol–water partition coefficient (Wildman–Crippen LogP) is 3.33. The summed E-state index contributed by atoms with van der Waals surface area (Å²) < 4.78 is 10.6. The van der Waals surface area contributed by atoms with Gasteiger partial charge in [-0.25, -0.2) is 4.79 Å². The number of aryl methyl sites for hydroxylation is 1. The van der Waals surface area contributed by atoms with Gasteiger partial charge < -0.3 is 14.4 Å². The van der Waals surface area contributed by atoms with E-state index < -0.39 is 10.9 Å². The van der Waals surface area contributed by atoms with Gasteiger partial charge in [-0.15, -0.1) is 0 Å². The Kier molecular flexibility index (Phi) is 7.18. The Morgan fingerprint density at radius 1 is 1.28 bits per heavy atom. The quantitative estimate of drug-likeness (QED) is 0.309. The summed E-state index contributed by atoms with van der Waals surface area (Å²) in [5.41, 5.74) is 0.367. The SMILES string of the molecule is CCOC(=O)c1cc(C)c(OCCCN2CCCCC2)cc1[N+](=O)[O-]. The lowest BCUT2D eigenvalue weighted by atomic mass is 10.1. The standard InChI is InChI=1S/C18H26N2O5/c1-3-24-18(21)15-12-14(2)17(13-16(15)20(22)23)25-11-7-10-19-8-5-4-6-9-19/h12-13H,3-11H2,1-2H3. The first kappa shape index (κ1) is 19.2. The number of piperidine rings is 1. The molecule has 0 N–H and O–H groups in total. The number of carbonyl (C=O) groups is 1. The van der Waals surface area contributed by atoms with Gasteiger partial charge in [0, 0.05) is 6.54 Å². The molecule has 1 saturated heterocycles. The second-order valence-electron chi connectivity index (χ2n) is 6.22. The Morgan fingerprint density at radius 2 is 2.00 bits per heavy atom. The Bertz CT molecular complexity index is 612. The Hall–Kier alpha value is -2.15. The molecule has 0 aliphatic carbocycles. The molecule has 0 bridgehead atoms. The van der Waals surface area contributed by atoms with Crippen LogP contribution in [-0.2, 0) is 4.74 Å². The van der Waals surface area contributed by atoms with E-state index in [0.29, 0.717) is 17.9 Å². The van der Waals surface area contributed by atoms with Crippen LogP contribution in [0.15, 0.2) is 12.1 Å². The number of carbonyl (C=O) groups excluding carboxylic acids is 1.